The van der Waals surface area contributed by atoms with Crippen LogP contribution in [0.3, 0.4) is 0 Å². The number of nitrogen functional groups attached to an aromatic ring is 1. The van der Waals surface area contributed by atoms with E-state index in [0.717, 1.165) is 11.1 Å². The lowest BCUT2D eigenvalue weighted by atomic mass is 10.1. The Morgan fingerprint density at radius 2 is 1.95 bits per heavy atom. The Morgan fingerprint density at radius 1 is 1.24 bits per heavy atom. The van der Waals surface area contributed by atoms with Gasteiger partial charge in [-0.2, -0.15) is 0 Å². The zero-order valence-electron chi connectivity index (χ0n) is 11.7. The van der Waals surface area contributed by atoms with Gasteiger partial charge in [-0.1, -0.05) is 24.3 Å². The van der Waals surface area contributed by atoms with Crippen molar-refractivity contribution < 1.29 is 9.18 Å². The third-order valence-corrected chi connectivity index (χ3v) is 3.07. The van der Waals surface area contributed by atoms with Crippen LogP contribution in [0, 0.1) is 5.82 Å². The third-order valence-electron chi connectivity index (χ3n) is 3.07. The highest BCUT2D eigenvalue weighted by molar-refractivity contribution is 5.92. The molecule has 0 bridgehead atoms. The Hall–Kier alpha value is -2.62. The standard InChI is InChI=1S/C17H17FN2O/c1-12(14-6-8-15(18)9-7-14)20-17(21)10-5-13-3-2-4-16(19)11-13/h2-12H,19H2,1H3,(H,20,21)/b10-5+. The molecular formula is C17H17FN2O. The van der Waals surface area contributed by atoms with Crippen molar-refractivity contribution in [3.63, 3.8) is 0 Å². The molecule has 0 heterocycles. The summed E-state index contributed by atoms with van der Waals surface area (Å²) in [6.07, 6.45) is 3.15. The Morgan fingerprint density at radius 3 is 2.62 bits per heavy atom. The van der Waals surface area contributed by atoms with Gasteiger partial charge in [0.1, 0.15) is 5.82 Å². The van der Waals surface area contributed by atoms with E-state index < -0.39 is 0 Å². The first-order valence-corrected chi connectivity index (χ1v) is 6.64. The fraction of sp³-hybridized carbons (Fsp3) is 0.118. The molecule has 2 aromatic carbocycles. The molecule has 0 radical (unpaired) electrons. The van der Waals surface area contributed by atoms with Gasteiger partial charge in [0.15, 0.2) is 0 Å². The first-order valence-electron chi connectivity index (χ1n) is 6.64. The van der Waals surface area contributed by atoms with E-state index in [9.17, 15) is 9.18 Å². The minimum absolute atomic E-state index is 0.191. The van der Waals surface area contributed by atoms with Crippen LogP contribution in [0.15, 0.2) is 54.6 Å². The minimum atomic E-state index is -0.293. The Labute approximate surface area is 123 Å². The van der Waals surface area contributed by atoms with Crippen molar-refractivity contribution >= 4 is 17.7 Å². The highest BCUT2D eigenvalue weighted by Crippen LogP contribution is 2.13. The molecular weight excluding hydrogens is 267 g/mol. The van der Waals surface area contributed by atoms with Gasteiger partial charge in [-0.3, -0.25) is 4.79 Å². The Bertz CT molecular complexity index is 650. The lowest BCUT2D eigenvalue weighted by Gasteiger charge is -2.12. The smallest absolute Gasteiger partial charge is 0.244 e. The lowest BCUT2D eigenvalue weighted by Crippen LogP contribution is -2.24. The normalized spacial score (nSPS) is 12.3. The number of hydrogen-bond acceptors (Lipinski definition) is 2. The summed E-state index contributed by atoms with van der Waals surface area (Å²) in [5, 5.41) is 2.82. The second-order valence-corrected chi connectivity index (χ2v) is 4.79. The van der Waals surface area contributed by atoms with E-state index in [4.69, 9.17) is 5.73 Å². The van der Waals surface area contributed by atoms with Crippen molar-refractivity contribution in [3.8, 4) is 0 Å². The molecule has 2 aromatic rings. The minimum Gasteiger partial charge on any atom is -0.399 e. The molecule has 0 fully saturated rings. The van der Waals surface area contributed by atoms with Gasteiger partial charge in [-0.15, -0.1) is 0 Å². The molecule has 2 rings (SSSR count). The summed E-state index contributed by atoms with van der Waals surface area (Å²) in [6, 6.07) is 13.1. The summed E-state index contributed by atoms with van der Waals surface area (Å²) >= 11 is 0. The molecule has 0 aliphatic rings. The number of rotatable bonds is 4. The monoisotopic (exact) mass is 284 g/mol. The summed E-state index contributed by atoms with van der Waals surface area (Å²) < 4.78 is 12.8. The average molecular weight is 284 g/mol. The molecule has 0 saturated heterocycles. The Balaban J connectivity index is 1.96. The van der Waals surface area contributed by atoms with Crippen LogP contribution in [0.25, 0.3) is 6.08 Å². The van der Waals surface area contributed by atoms with Crippen molar-refractivity contribution in [1.82, 2.24) is 5.32 Å². The van der Waals surface area contributed by atoms with Gasteiger partial charge in [0.05, 0.1) is 6.04 Å². The molecule has 108 valence electrons. The predicted molar refractivity (Wildman–Crippen MR) is 82.8 cm³/mol. The molecule has 21 heavy (non-hydrogen) atoms. The molecule has 1 unspecified atom stereocenters. The lowest BCUT2D eigenvalue weighted by molar-refractivity contribution is -0.117. The summed E-state index contributed by atoms with van der Waals surface area (Å²) in [5.41, 5.74) is 8.03. The molecule has 0 aliphatic heterocycles. The van der Waals surface area contributed by atoms with E-state index in [1.807, 2.05) is 19.1 Å². The van der Waals surface area contributed by atoms with Crippen molar-refractivity contribution in [2.45, 2.75) is 13.0 Å². The van der Waals surface area contributed by atoms with Gasteiger partial charge in [-0.05, 0) is 48.4 Å². The van der Waals surface area contributed by atoms with E-state index in [2.05, 4.69) is 5.32 Å². The molecule has 0 saturated carbocycles. The maximum absolute atomic E-state index is 12.8. The number of carbonyl (C=O) groups excluding carboxylic acids is 1. The van der Waals surface area contributed by atoms with Gasteiger partial charge in [0.2, 0.25) is 5.91 Å². The highest BCUT2D eigenvalue weighted by atomic mass is 19.1. The molecule has 1 amide bonds. The summed E-state index contributed by atoms with van der Waals surface area (Å²) in [5.74, 6) is -0.506. The molecule has 1 atom stereocenters. The van der Waals surface area contributed by atoms with Crippen LogP contribution in [0.5, 0.6) is 0 Å². The van der Waals surface area contributed by atoms with Crippen LogP contribution in [0.4, 0.5) is 10.1 Å². The quantitative estimate of drug-likeness (QED) is 0.668. The van der Waals surface area contributed by atoms with Crippen LogP contribution >= 0.6 is 0 Å². The number of carbonyl (C=O) groups is 1. The summed E-state index contributed by atoms with van der Waals surface area (Å²) in [6.45, 7) is 1.85. The highest BCUT2D eigenvalue weighted by Gasteiger charge is 2.07. The molecule has 3 nitrogen and oxygen atoms in total. The summed E-state index contributed by atoms with van der Waals surface area (Å²) in [4.78, 5) is 11.8. The number of halogens is 1. The third kappa shape index (κ3) is 4.45. The van der Waals surface area contributed by atoms with Crippen LogP contribution in [0.2, 0.25) is 0 Å². The SMILES string of the molecule is CC(NC(=O)/C=C/c1cccc(N)c1)c1ccc(F)cc1. The van der Waals surface area contributed by atoms with Gasteiger partial charge < -0.3 is 11.1 Å². The molecule has 3 N–H and O–H groups in total. The second kappa shape index (κ2) is 6.70. The number of nitrogens with two attached hydrogens (primary N) is 1. The summed E-state index contributed by atoms with van der Waals surface area (Å²) in [7, 11) is 0. The number of amides is 1. The number of nitrogens with one attached hydrogen (secondary N) is 1. The maximum atomic E-state index is 12.8. The number of benzene rings is 2. The van der Waals surface area contributed by atoms with Crippen molar-refractivity contribution in [3.05, 3.63) is 71.6 Å². The average Bonchev–Trinajstić information content (AvgIpc) is 2.46. The molecule has 0 aromatic heterocycles. The van der Waals surface area contributed by atoms with Crippen molar-refractivity contribution in [2.75, 3.05) is 5.73 Å². The fourth-order valence-corrected chi connectivity index (χ4v) is 1.93. The van der Waals surface area contributed by atoms with Crippen LogP contribution in [-0.4, -0.2) is 5.91 Å². The zero-order valence-corrected chi connectivity index (χ0v) is 11.7. The molecule has 0 spiro atoms. The van der Waals surface area contributed by atoms with Crippen molar-refractivity contribution in [1.29, 1.82) is 0 Å². The Kier molecular flexibility index (Phi) is 4.72. The zero-order chi connectivity index (χ0) is 15.2. The maximum Gasteiger partial charge on any atom is 0.244 e. The van der Waals surface area contributed by atoms with E-state index in [0.29, 0.717) is 5.69 Å². The van der Waals surface area contributed by atoms with Crippen LogP contribution in [0.1, 0.15) is 24.1 Å². The van der Waals surface area contributed by atoms with Gasteiger partial charge >= 0.3 is 0 Å². The first-order chi connectivity index (χ1) is 10.0. The largest absolute Gasteiger partial charge is 0.399 e. The predicted octanol–water partition coefficient (Wildman–Crippen LogP) is 3.30. The topological polar surface area (TPSA) is 55.1 Å². The van der Waals surface area contributed by atoms with E-state index in [1.54, 1.807) is 30.3 Å². The van der Waals surface area contributed by atoms with E-state index >= 15 is 0 Å². The number of anilines is 1. The van der Waals surface area contributed by atoms with Gasteiger partial charge in [0, 0.05) is 11.8 Å². The van der Waals surface area contributed by atoms with Crippen molar-refractivity contribution in [2.24, 2.45) is 0 Å². The van der Waals surface area contributed by atoms with Crippen LogP contribution < -0.4 is 11.1 Å². The van der Waals surface area contributed by atoms with E-state index in [1.165, 1.54) is 18.2 Å². The molecule has 0 aliphatic carbocycles. The van der Waals surface area contributed by atoms with Crippen LogP contribution in [-0.2, 0) is 4.79 Å². The van der Waals surface area contributed by atoms with E-state index in [-0.39, 0.29) is 17.8 Å². The van der Waals surface area contributed by atoms with Gasteiger partial charge in [0.25, 0.3) is 0 Å². The second-order valence-electron chi connectivity index (χ2n) is 4.79. The first kappa shape index (κ1) is 14.8. The number of hydrogen-bond donors (Lipinski definition) is 2. The van der Waals surface area contributed by atoms with Gasteiger partial charge in [-0.25, -0.2) is 4.39 Å². The molecule has 4 heteroatoms. The fourth-order valence-electron chi connectivity index (χ4n) is 1.93.